The summed E-state index contributed by atoms with van der Waals surface area (Å²) in [7, 11) is -2.26. The normalized spacial score (nSPS) is 13.9. The number of aliphatic hydroxyl groups excluding tert-OH is 2. The van der Waals surface area contributed by atoms with Gasteiger partial charge in [0.2, 0.25) is 16.0 Å². The van der Waals surface area contributed by atoms with Crippen molar-refractivity contribution in [2.45, 2.75) is 51.7 Å². The first-order chi connectivity index (χ1) is 16.9. The number of rotatable bonds is 14. The molecule has 0 radical (unpaired) electrons. The van der Waals surface area contributed by atoms with Gasteiger partial charge in [0.1, 0.15) is 12.6 Å². The predicted molar refractivity (Wildman–Crippen MR) is 137 cm³/mol. The number of hydrogen-bond donors (Lipinski definition) is 2. The molecule has 1 aromatic carbocycles. The number of hydrogen-bond acceptors (Lipinski definition) is 8. The molecule has 0 amide bonds. The van der Waals surface area contributed by atoms with Gasteiger partial charge >= 0.3 is 0 Å². The van der Waals surface area contributed by atoms with Gasteiger partial charge < -0.3 is 19.7 Å². The summed E-state index contributed by atoms with van der Waals surface area (Å²) in [5, 5.41) is 20.7. The van der Waals surface area contributed by atoms with Crippen LogP contribution in [0.15, 0.2) is 30.3 Å². The molecule has 1 heterocycles. The van der Waals surface area contributed by atoms with Crippen molar-refractivity contribution < 1.29 is 32.5 Å². The second kappa shape index (κ2) is 13.8. The van der Waals surface area contributed by atoms with Gasteiger partial charge in [-0.1, -0.05) is 26.0 Å². The first kappa shape index (κ1) is 29.8. The Morgan fingerprint density at radius 3 is 2.39 bits per heavy atom. The highest BCUT2D eigenvalue weighted by molar-refractivity contribution is 7.92. The van der Waals surface area contributed by atoms with Gasteiger partial charge in [0.25, 0.3) is 0 Å². The summed E-state index contributed by atoms with van der Waals surface area (Å²) in [5.74, 6) is -0.554. The number of ether oxygens (including phenoxy) is 2. The van der Waals surface area contributed by atoms with E-state index in [9.17, 15) is 23.0 Å². The zero-order valence-corrected chi connectivity index (χ0v) is 22.2. The fourth-order valence-corrected chi connectivity index (χ4v) is 3.68. The maximum atomic E-state index is 13.6. The van der Waals surface area contributed by atoms with Gasteiger partial charge in [-0.2, -0.15) is 0 Å². The third kappa shape index (κ3) is 8.90. The third-order valence-electron chi connectivity index (χ3n) is 5.37. The van der Waals surface area contributed by atoms with E-state index >= 15 is 0 Å². The van der Waals surface area contributed by atoms with E-state index < -0.39 is 28.0 Å². The Bertz CT molecular complexity index is 1110. The highest BCUT2D eigenvalue weighted by atomic mass is 32.2. The molecule has 11 heteroatoms. The molecule has 0 aliphatic rings. The number of aliphatic hydroxyl groups is 2. The number of benzene rings is 1. The molecule has 0 aliphatic carbocycles. The average molecular weight is 526 g/mol. The van der Waals surface area contributed by atoms with E-state index in [0.29, 0.717) is 42.1 Å². The van der Waals surface area contributed by atoms with Gasteiger partial charge in [-0.25, -0.2) is 27.1 Å². The molecule has 200 valence electrons. The van der Waals surface area contributed by atoms with E-state index in [4.69, 9.17) is 9.47 Å². The zero-order valence-electron chi connectivity index (χ0n) is 21.4. The lowest BCUT2D eigenvalue weighted by molar-refractivity contribution is -0.0582. The van der Waals surface area contributed by atoms with Gasteiger partial charge in [-0.3, -0.25) is 0 Å². The van der Waals surface area contributed by atoms with Crippen LogP contribution in [0.2, 0.25) is 0 Å². The standard InChI is InChI=1S/C25H36FN3O6S/c1-6-34-16-35-14-13-21(31)15-20(30)11-12-22-23(17(2)3)27-25(29(4)36(5,32)33)28-24(22)18-7-9-19(26)10-8-18/h7-12,17,20-21,30-31H,6,13-16H2,1-5H3/b12-11+/t20-,21+/m1/s1. The Morgan fingerprint density at radius 1 is 1.14 bits per heavy atom. The van der Waals surface area contributed by atoms with Crippen LogP contribution >= 0.6 is 0 Å². The highest BCUT2D eigenvalue weighted by Crippen LogP contribution is 2.31. The van der Waals surface area contributed by atoms with Crippen molar-refractivity contribution in [3.05, 3.63) is 47.4 Å². The Balaban J connectivity index is 2.39. The molecule has 1 aromatic heterocycles. The minimum Gasteiger partial charge on any atom is -0.393 e. The van der Waals surface area contributed by atoms with E-state index in [1.54, 1.807) is 18.2 Å². The predicted octanol–water partition coefficient (Wildman–Crippen LogP) is 3.33. The largest absolute Gasteiger partial charge is 0.393 e. The van der Waals surface area contributed by atoms with Crippen molar-refractivity contribution >= 4 is 22.0 Å². The van der Waals surface area contributed by atoms with Crippen LogP contribution < -0.4 is 4.31 Å². The zero-order chi connectivity index (χ0) is 26.9. The summed E-state index contributed by atoms with van der Waals surface area (Å²) in [6.45, 7) is 6.66. The molecule has 2 atom stereocenters. The molecule has 0 fully saturated rings. The Hall–Kier alpha value is -2.44. The smallest absolute Gasteiger partial charge is 0.239 e. The first-order valence-corrected chi connectivity index (χ1v) is 13.6. The third-order valence-corrected chi connectivity index (χ3v) is 6.53. The van der Waals surface area contributed by atoms with E-state index in [0.717, 1.165) is 10.6 Å². The van der Waals surface area contributed by atoms with Crippen LogP contribution in [0.4, 0.5) is 10.3 Å². The van der Waals surface area contributed by atoms with Gasteiger partial charge in [0.15, 0.2) is 0 Å². The van der Waals surface area contributed by atoms with Crippen molar-refractivity contribution in [2.75, 3.05) is 37.6 Å². The topological polar surface area (TPSA) is 122 Å². The molecule has 0 saturated heterocycles. The average Bonchev–Trinajstić information content (AvgIpc) is 2.81. The second-order valence-corrected chi connectivity index (χ2v) is 10.7. The second-order valence-electron chi connectivity index (χ2n) is 8.69. The summed E-state index contributed by atoms with van der Waals surface area (Å²) in [6.07, 6.45) is 2.92. The lowest BCUT2D eigenvalue weighted by Gasteiger charge is -2.20. The molecule has 0 aliphatic heterocycles. The maximum absolute atomic E-state index is 13.6. The van der Waals surface area contributed by atoms with Crippen molar-refractivity contribution in [3.63, 3.8) is 0 Å². The summed E-state index contributed by atoms with van der Waals surface area (Å²) in [4.78, 5) is 8.99. The molecular formula is C25H36FN3O6S. The van der Waals surface area contributed by atoms with Crippen molar-refractivity contribution in [2.24, 2.45) is 0 Å². The van der Waals surface area contributed by atoms with Crippen molar-refractivity contribution in [1.82, 2.24) is 9.97 Å². The van der Waals surface area contributed by atoms with Gasteiger partial charge in [-0.05, 0) is 43.5 Å². The SMILES string of the molecule is CCOCOCC[C@H](O)C[C@H](O)/C=C/c1c(-c2ccc(F)cc2)nc(N(C)S(C)(=O)=O)nc1C(C)C. The molecule has 9 nitrogen and oxygen atoms in total. The van der Waals surface area contributed by atoms with Gasteiger partial charge in [0, 0.05) is 31.2 Å². The maximum Gasteiger partial charge on any atom is 0.239 e. The fraction of sp³-hybridized carbons (Fsp3) is 0.520. The summed E-state index contributed by atoms with van der Waals surface area (Å²) in [6, 6.07) is 5.68. The highest BCUT2D eigenvalue weighted by Gasteiger charge is 2.22. The number of nitrogens with zero attached hydrogens (tertiary/aromatic N) is 3. The lowest BCUT2D eigenvalue weighted by Crippen LogP contribution is -2.27. The molecule has 0 saturated carbocycles. The van der Waals surface area contributed by atoms with Crippen molar-refractivity contribution in [3.8, 4) is 11.3 Å². The number of anilines is 1. The summed E-state index contributed by atoms with van der Waals surface area (Å²) in [5.41, 5.74) is 2.08. The summed E-state index contributed by atoms with van der Waals surface area (Å²) < 4.78 is 49.2. The molecule has 2 aromatic rings. The van der Waals surface area contributed by atoms with E-state index in [1.807, 2.05) is 20.8 Å². The molecule has 2 N–H and O–H groups in total. The van der Waals surface area contributed by atoms with E-state index in [2.05, 4.69) is 9.97 Å². The van der Waals surface area contributed by atoms with E-state index in [1.165, 1.54) is 25.3 Å². The molecule has 0 unspecified atom stereocenters. The first-order valence-electron chi connectivity index (χ1n) is 11.8. The van der Waals surface area contributed by atoms with Crippen LogP contribution in [0.1, 0.15) is 50.8 Å². The van der Waals surface area contributed by atoms with Crippen LogP contribution in [0.25, 0.3) is 17.3 Å². The molecule has 0 bridgehead atoms. The molecule has 2 rings (SSSR count). The van der Waals surface area contributed by atoms with Crippen LogP contribution in [-0.4, -0.2) is 74.1 Å². The fourth-order valence-electron chi connectivity index (χ4n) is 3.30. The summed E-state index contributed by atoms with van der Waals surface area (Å²) >= 11 is 0. The van der Waals surface area contributed by atoms with Crippen LogP contribution in [0, 0.1) is 5.82 Å². The molecular weight excluding hydrogens is 489 g/mol. The number of aromatic nitrogens is 2. The quantitative estimate of drug-likeness (QED) is 0.285. The minimum absolute atomic E-state index is 0.0132. The van der Waals surface area contributed by atoms with E-state index in [-0.39, 0.29) is 25.1 Å². The Morgan fingerprint density at radius 2 is 1.81 bits per heavy atom. The number of halogens is 1. The molecule has 0 spiro atoms. The Kier molecular flexibility index (Phi) is 11.4. The van der Waals surface area contributed by atoms with Gasteiger partial charge in [0.05, 0.1) is 36.5 Å². The van der Waals surface area contributed by atoms with Gasteiger partial charge in [-0.15, -0.1) is 0 Å². The minimum atomic E-state index is -3.62. The monoisotopic (exact) mass is 525 g/mol. The van der Waals surface area contributed by atoms with Crippen LogP contribution in [0.5, 0.6) is 0 Å². The lowest BCUT2D eigenvalue weighted by atomic mass is 9.97. The van der Waals surface area contributed by atoms with Crippen LogP contribution in [0.3, 0.4) is 0 Å². The Labute approximate surface area is 212 Å². The number of sulfonamides is 1. The molecule has 36 heavy (non-hydrogen) atoms. The van der Waals surface area contributed by atoms with Crippen molar-refractivity contribution in [1.29, 1.82) is 0 Å². The van der Waals surface area contributed by atoms with Crippen LogP contribution in [-0.2, 0) is 19.5 Å².